The minimum absolute atomic E-state index is 0.163. The van der Waals surface area contributed by atoms with Crippen LogP contribution in [0, 0.1) is 5.82 Å². The molecule has 1 N–H and O–H groups in total. The maximum Gasteiger partial charge on any atom is 0.131 e. The second-order valence-corrected chi connectivity index (χ2v) is 6.36. The van der Waals surface area contributed by atoms with E-state index in [1.54, 1.807) is 28.7 Å². The summed E-state index contributed by atoms with van der Waals surface area (Å²) in [7, 11) is 0. The highest BCUT2D eigenvalue weighted by molar-refractivity contribution is 7.13. The van der Waals surface area contributed by atoms with Crippen molar-refractivity contribution >= 4 is 22.7 Å². The highest BCUT2D eigenvalue weighted by Gasteiger charge is 2.07. The van der Waals surface area contributed by atoms with Crippen LogP contribution >= 0.6 is 22.7 Å². The monoisotopic (exact) mass is 318 g/mol. The molecule has 0 amide bonds. The Morgan fingerprint density at radius 1 is 1.24 bits per heavy atom. The zero-order valence-corrected chi connectivity index (χ0v) is 13.0. The van der Waals surface area contributed by atoms with E-state index >= 15 is 0 Å². The molecule has 0 aliphatic heterocycles. The van der Waals surface area contributed by atoms with Gasteiger partial charge in [-0.3, -0.25) is 0 Å². The Balaban J connectivity index is 1.60. The average molecular weight is 318 g/mol. The second kappa shape index (κ2) is 6.93. The average Bonchev–Trinajstić information content (AvgIpc) is 3.18. The molecule has 1 aromatic carbocycles. The number of thiazole rings is 1. The van der Waals surface area contributed by atoms with Crippen molar-refractivity contribution in [1.29, 1.82) is 0 Å². The van der Waals surface area contributed by atoms with Crippen LogP contribution in [0.5, 0.6) is 0 Å². The molecule has 0 bridgehead atoms. The van der Waals surface area contributed by atoms with Crippen molar-refractivity contribution in [1.82, 2.24) is 10.3 Å². The highest BCUT2D eigenvalue weighted by Crippen LogP contribution is 2.28. The van der Waals surface area contributed by atoms with Gasteiger partial charge in [0.05, 0.1) is 11.2 Å². The Bertz CT molecular complexity index is 678. The van der Waals surface area contributed by atoms with E-state index in [1.807, 2.05) is 35.2 Å². The number of nitrogens with zero attached hydrogens (tertiary/aromatic N) is 1. The van der Waals surface area contributed by atoms with Crippen molar-refractivity contribution in [3.63, 3.8) is 0 Å². The Kier molecular flexibility index (Phi) is 4.75. The summed E-state index contributed by atoms with van der Waals surface area (Å²) < 4.78 is 13.9. The molecule has 0 radical (unpaired) electrons. The van der Waals surface area contributed by atoms with Gasteiger partial charge in [-0.05, 0) is 29.1 Å². The van der Waals surface area contributed by atoms with E-state index in [0.717, 1.165) is 35.6 Å². The molecule has 2 heterocycles. The van der Waals surface area contributed by atoms with E-state index in [2.05, 4.69) is 15.7 Å². The van der Waals surface area contributed by atoms with Gasteiger partial charge in [-0.1, -0.05) is 12.1 Å². The van der Waals surface area contributed by atoms with E-state index in [-0.39, 0.29) is 5.82 Å². The first-order valence-corrected chi connectivity index (χ1v) is 8.55. The van der Waals surface area contributed by atoms with Crippen LogP contribution in [0.2, 0.25) is 0 Å². The predicted octanol–water partition coefficient (Wildman–Crippen LogP) is 4.34. The SMILES string of the molecule is Fc1ccc(CNCCc2cscn2)cc1-c1cccs1. The molecule has 5 heteroatoms. The molecule has 0 saturated carbocycles. The summed E-state index contributed by atoms with van der Waals surface area (Å²) in [5.41, 5.74) is 4.75. The van der Waals surface area contributed by atoms with Crippen LogP contribution in [0.4, 0.5) is 4.39 Å². The molecule has 0 unspecified atom stereocenters. The zero-order valence-electron chi connectivity index (χ0n) is 11.4. The summed E-state index contributed by atoms with van der Waals surface area (Å²) in [6.45, 7) is 1.61. The first kappa shape index (κ1) is 14.4. The molecule has 2 nitrogen and oxygen atoms in total. The molecule has 3 rings (SSSR count). The molecule has 0 atom stereocenters. The number of rotatable bonds is 6. The fourth-order valence-corrected chi connectivity index (χ4v) is 3.45. The lowest BCUT2D eigenvalue weighted by atomic mass is 10.1. The quantitative estimate of drug-likeness (QED) is 0.684. The summed E-state index contributed by atoms with van der Waals surface area (Å²) in [4.78, 5) is 5.22. The van der Waals surface area contributed by atoms with Gasteiger partial charge in [0.2, 0.25) is 0 Å². The third kappa shape index (κ3) is 3.75. The second-order valence-electron chi connectivity index (χ2n) is 4.70. The van der Waals surface area contributed by atoms with Crippen molar-refractivity contribution < 1.29 is 4.39 Å². The molecule has 108 valence electrons. The topological polar surface area (TPSA) is 24.9 Å². The van der Waals surface area contributed by atoms with E-state index in [9.17, 15) is 4.39 Å². The smallest absolute Gasteiger partial charge is 0.131 e. The van der Waals surface area contributed by atoms with E-state index < -0.39 is 0 Å². The standard InChI is InChI=1S/C16H15FN2S2/c17-15-4-3-12(8-14(15)16-2-1-7-21-16)9-18-6-5-13-10-20-11-19-13/h1-4,7-8,10-11,18H,5-6,9H2. The Labute approximate surface area is 131 Å². The number of hydrogen-bond donors (Lipinski definition) is 1. The van der Waals surface area contributed by atoms with Crippen LogP contribution in [0.1, 0.15) is 11.3 Å². The van der Waals surface area contributed by atoms with Gasteiger partial charge in [0.15, 0.2) is 0 Å². The molecule has 21 heavy (non-hydrogen) atoms. The van der Waals surface area contributed by atoms with E-state index in [1.165, 1.54) is 0 Å². The maximum absolute atomic E-state index is 13.9. The third-order valence-corrected chi connectivity index (χ3v) is 4.73. The van der Waals surface area contributed by atoms with Crippen LogP contribution in [0.3, 0.4) is 0 Å². The van der Waals surface area contributed by atoms with Crippen LogP contribution in [-0.4, -0.2) is 11.5 Å². The Morgan fingerprint density at radius 2 is 2.19 bits per heavy atom. The van der Waals surface area contributed by atoms with Gasteiger partial charge in [0.25, 0.3) is 0 Å². The summed E-state index contributed by atoms with van der Waals surface area (Å²) in [6.07, 6.45) is 0.919. The lowest BCUT2D eigenvalue weighted by molar-refractivity contribution is 0.628. The molecular weight excluding hydrogens is 303 g/mol. The van der Waals surface area contributed by atoms with Crippen LogP contribution in [0.25, 0.3) is 10.4 Å². The Morgan fingerprint density at radius 3 is 2.95 bits per heavy atom. The Hall–Kier alpha value is -1.56. The fraction of sp³-hybridized carbons (Fsp3) is 0.188. The summed E-state index contributed by atoms with van der Waals surface area (Å²) in [5.74, 6) is -0.163. The molecule has 0 spiro atoms. The number of halogens is 1. The minimum atomic E-state index is -0.163. The van der Waals surface area contributed by atoms with E-state index in [0.29, 0.717) is 5.56 Å². The highest BCUT2D eigenvalue weighted by atomic mass is 32.1. The molecule has 0 aliphatic carbocycles. The first-order valence-electron chi connectivity index (χ1n) is 6.73. The minimum Gasteiger partial charge on any atom is -0.312 e. The largest absolute Gasteiger partial charge is 0.312 e. The van der Waals surface area contributed by atoms with Crippen molar-refractivity contribution in [2.45, 2.75) is 13.0 Å². The van der Waals surface area contributed by atoms with Crippen molar-refractivity contribution in [3.8, 4) is 10.4 Å². The van der Waals surface area contributed by atoms with Crippen molar-refractivity contribution in [2.24, 2.45) is 0 Å². The summed E-state index contributed by atoms with van der Waals surface area (Å²) in [5, 5.41) is 7.41. The summed E-state index contributed by atoms with van der Waals surface area (Å²) in [6, 6.07) is 9.20. The molecular formula is C16H15FN2S2. The number of thiophene rings is 1. The zero-order chi connectivity index (χ0) is 14.5. The molecule has 0 fully saturated rings. The van der Waals surface area contributed by atoms with Gasteiger partial charge in [0.1, 0.15) is 5.82 Å². The predicted molar refractivity (Wildman–Crippen MR) is 87.2 cm³/mol. The lowest BCUT2D eigenvalue weighted by Gasteiger charge is -2.07. The van der Waals surface area contributed by atoms with Gasteiger partial charge in [0, 0.05) is 35.3 Å². The van der Waals surface area contributed by atoms with Gasteiger partial charge in [-0.15, -0.1) is 22.7 Å². The number of aromatic nitrogens is 1. The van der Waals surface area contributed by atoms with Crippen LogP contribution in [-0.2, 0) is 13.0 Å². The molecule has 3 aromatic rings. The van der Waals surface area contributed by atoms with Gasteiger partial charge < -0.3 is 5.32 Å². The first-order chi connectivity index (χ1) is 10.3. The normalized spacial score (nSPS) is 10.9. The van der Waals surface area contributed by atoms with Crippen molar-refractivity contribution in [2.75, 3.05) is 6.54 Å². The third-order valence-electron chi connectivity index (χ3n) is 3.19. The van der Waals surface area contributed by atoms with Gasteiger partial charge in [-0.25, -0.2) is 9.37 Å². The van der Waals surface area contributed by atoms with Crippen LogP contribution < -0.4 is 5.32 Å². The maximum atomic E-state index is 13.9. The fourth-order valence-electron chi connectivity index (χ4n) is 2.11. The summed E-state index contributed by atoms with van der Waals surface area (Å²) >= 11 is 3.17. The molecule has 0 aliphatic rings. The van der Waals surface area contributed by atoms with Gasteiger partial charge in [-0.2, -0.15) is 0 Å². The number of hydrogen-bond acceptors (Lipinski definition) is 4. The lowest BCUT2D eigenvalue weighted by Crippen LogP contribution is -2.16. The molecule has 2 aromatic heterocycles. The number of benzene rings is 1. The van der Waals surface area contributed by atoms with Crippen molar-refractivity contribution in [3.05, 3.63) is 63.7 Å². The van der Waals surface area contributed by atoms with Gasteiger partial charge >= 0.3 is 0 Å². The number of nitrogens with one attached hydrogen (secondary N) is 1. The molecule has 0 saturated heterocycles. The van der Waals surface area contributed by atoms with E-state index in [4.69, 9.17) is 0 Å². The van der Waals surface area contributed by atoms with Crippen LogP contribution in [0.15, 0.2) is 46.6 Å².